The van der Waals surface area contributed by atoms with Crippen LogP contribution in [0.15, 0.2) is 42.9 Å². The molecule has 1 fully saturated rings. The van der Waals surface area contributed by atoms with E-state index in [1.165, 1.54) is 0 Å². The Balaban J connectivity index is 1.44. The SMILES string of the molecule is O=C(O)NCC1CCC(Nc2ccc3ncc(-c4ccncc4)n3n2)CC1. The lowest BCUT2D eigenvalue weighted by Crippen LogP contribution is -2.33. The van der Waals surface area contributed by atoms with E-state index in [0.29, 0.717) is 18.5 Å². The molecule has 0 radical (unpaired) electrons. The van der Waals surface area contributed by atoms with Crippen LogP contribution < -0.4 is 10.6 Å². The molecule has 8 heteroatoms. The fourth-order valence-electron chi connectivity index (χ4n) is 3.62. The zero-order chi connectivity index (χ0) is 18.6. The first kappa shape index (κ1) is 17.3. The zero-order valence-electron chi connectivity index (χ0n) is 14.9. The van der Waals surface area contributed by atoms with E-state index in [0.717, 1.165) is 48.4 Å². The largest absolute Gasteiger partial charge is 0.465 e. The maximum Gasteiger partial charge on any atom is 0.404 e. The summed E-state index contributed by atoms with van der Waals surface area (Å²) in [5.74, 6) is 1.24. The van der Waals surface area contributed by atoms with Crippen molar-refractivity contribution >= 4 is 17.6 Å². The molecule has 0 unspecified atom stereocenters. The normalized spacial score (nSPS) is 19.7. The number of anilines is 1. The number of aromatic nitrogens is 4. The number of nitrogens with zero attached hydrogens (tertiary/aromatic N) is 4. The first-order valence-electron chi connectivity index (χ1n) is 9.17. The molecule has 3 aromatic rings. The van der Waals surface area contributed by atoms with E-state index in [-0.39, 0.29) is 0 Å². The minimum Gasteiger partial charge on any atom is -0.465 e. The quantitative estimate of drug-likeness (QED) is 0.641. The smallest absolute Gasteiger partial charge is 0.404 e. The Hall–Kier alpha value is -3.16. The van der Waals surface area contributed by atoms with Gasteiger partial charge in [-0.3, -0.25) is 4.98 Å². The Labute approximate surface area is 156 Å². The van der Waals surface area contributed by atoms with Gasteiger partial charge in [0.25, 0.3) is 0 Å². The zero-order valence-corrected chi connectivity index (χ0v) is 14.9. The number of nitrogens with one attached hydrogen (secondary N) is 2. The molecule has 0 atom stereocenters. The van der Waals surface area contributed by atoms with E-state index in [1.807, 2.05) is 35.0 Å². The van der Waals surface area contributed by atoms with Crippen molar-refractivity contribution in [3.63, 3.8) is 0 Å². The summed E-state index contributed by atoms with van der Waals surface area (Å²) in [6.45, 7) is 0.538. The van der Waals surface area contributed by atoms with Crippen LogP contribution in [0.3, 0.4) is 0 Å². The molecular formula is C19H22N6O2. The van der Waals surface area contributed by atoms with E-state index in [9.17, 15) is 4.79 Å². The molecule has 0 spiro atoms. The molecule has 1 saturated carbocycles. The second-order valence-electron chi connectivity index (χ2n) is 6.92. The Bertz CT molecular complexity index is 918. The third-order valence-electron chi connectivity index (χ3n) is 5.08. The summed E-state index contributed by atoms with van der Waals surface area (Å²) in [5, 5.41) is 19.4. The van der Waals surface area contributed by atoms with Gasteiger partial charge < -0.3 is 15.7 Å². The third-order valence-corrected chi connectivity index (χ3v) is 5.08. The van der Waals surface area contributed by atoms with Crippen LogP contribution in [0.25, 0.3) is 16.9 Å². The Morgan fingerprint density at radius 2 is 1.93 bits per heavy atom. The molecule has 1 aliphatic carbocycles. The molecule has 3 heterocycles. The average Bonchev–Trinajstić information content (AvgIpc) is 3.11. The standard InChI is InChI=1S/C19H22N6O2/c26-19(27)22-11-13-1-3-15(4-2-13)23-17-5-6-18-21-12-16(25(18)24-17)14-7-9-20-10-8-14/h5-10,12-13,15,22H,1-4,11H2,(H,23,24)(H,26,27). The average molecular weight is 366 g/mol. The molecule has 3 aromatic heterocycles. The highest BCUT2D eigenvalue weighted by Gasteiger charge is 2.22. The van der Waals surface area contributed by atoms with Gasteiger partial charge in [0.1, 0.15) is 5.82 Å². The van der Waals surface area contributed by atoms with Gasteiger partial charge in [-0.25, -0.2) is 14.3 Å². The highest BCUT2D eigenvalue weighted by atomic mass is 16.4. The fourth-order valence-corrected chi connectivity index (χ4v) is 3.62. The second-order valence-corrected chi connectivity index (χ2v) is 6.92. The number of amides is 1. The Kier molecular flexibility index (Phi) is 4.86. The van der Waals surface area contributed by atoms with Gasteiger partial charge in [-0.05, 0) is 55.9 Å². The summed E-state index contributed by atoms with van der Waals surface area (Å²) in [6.07, 6.45) is 8.42. The summed E-state index contributed by atoms with van der Waals surface area (Å²) in [6, 6.07) is 8.15. The van der Waals surface area contributed by atoms with Crippen LogP contribution in [0.1, 0.15) is 25.7 Å². The van der Waals surface area contributed by atoms with Gasteiger partial charge in [-0.2, -0.15) is 0 Å². The van der Waals surface area contributed by atoms with Gasteiger partial charge in [0.05, 0.1) is 11.9 Å². The van der Waals surface area contributed by atoms with Crippen molar-refractivity contribution in [1.29, 1.82) is 0 Å². The molecule has 3 N–H and O–H groups in total. The minimum atomic E-state index is -0.946. The summed E-state index contributed by atoms with van der Waals surface area (Å²) in [5.41, 5.74) is 2.75. The first-order valence-corrected chi connectivity index (χ1v) is 9.17. The van der Waals surface area contributed by atoms with E-state index in [4.69, 9.17) is 10.2 Å². The van der Waals surface area contributed by atoms with Crippen LogP contribution in [0.5, 0.6) is 0 Å². The van der Waals surface area contributed by atoms with Crippen molar-refractivity contribution in [3.8, 4) is 11.3 Å². The molecular weight excluding hydrogens is 344 g/mol. The lowest BCUT2D eigenvalue weighted by molar-refractivity contribution is 0.190. The highest BCUT2D eigenvalue weighted by molar-refractivity contribution is 5.64. The lowest BCUT2D eigenvalue weighted by atomic mass is 9.86. The van der Waals surface area contributed by atoms with Crippen LogP contribution in [0.4, 0.5) is 10.6 Å². The van der Waals surface area contributed by atoms with Crippen LogP contribution in [-0.2, 0) is 0 Å². The van der Waals surface area contributed by atoms with Gasteiger partial charge in [0.2, 0.25) is 0 Å². The van der Waals surface area contributed by atoms with Crippen molar-refractivity contribution in [2.75, 3.05) is 11.9 Å². The Morgan fingerprint density at radius 1 is 1.15 bits per heavy atom. The van der Waals surface area contributed by atoms with Crippen molar-refractivity contribution in [1.82, 2.24) is 24.9 Å². The maximum atomic E-state index is 10.6. The predicted octanol–water partition coefficient (Wildman–Crippen LogP) is 3.03. The van der Waals surface area contributed by atoms with Crippen LogP contribution in [0, 0.1) is 5.92 Å². The number of hydrogen-bond acceptors (Lipinski definition) is 5. The van der Waals surface area contributed by atoms with Gasteiger partial charge in [0, 0.05) is 30.5 Å². The number of carboxylic acid groups (broad SMARTS) is 1. The molecule has 27 heavy (non-hydrogen) atoms. The van der Waals surface area contributed by atoms with E-state index < -0.39 is 6.09 Å². The van der Waals surface area contributed by atoms with Gasteiger partial charge in [-0.15, -0.1) is 5.10 Å². The molecule has 0 saturated heterocycles. The van der Waals surface area contributed by atoms with Crippen molar-refractivity contribution in [2.24, 2.45) is 5.92 Å². The van der Waals surface area contributed by atoms with E-state index in [2.05, 4.69) is 20.6 Å². The molecule has 1 amide bonds. The number of carbonyl (C=O) groups is 1. The monoisotopic (exact) mass is 366 g/mol. The number of pyridine rings is 1. The molecule has 140 valence electrons. The topological polar surface area (TPSA) is 104 Å². The highest BCUT2D eigenvalue weighted by Crippen LogP contribution is 2.26. The number of imidazole rings is 1. The second kappa shape index (κ2) is 7.61. The van der Waals surface area contributed by atoms with Crippen LogP contribution in [0.2, 0.25) is 0 Å². The van der Waals surface area contributed by atoms with Crippen LogP contribution >= 0.6 is 0 Å². The molecule has 1 aliphatic rings. The number of hydrogen-bond donors (Lipinski definition) is 3. The summed E-state index contributed by atoms with van der Waals surface area (Å²) < 4.78 is 1.85. The number of fused-ring (bicyclic) bond motifs is 1. The molecule has 0 aliphatic heterocycles. The van der Waals surface area contributed by atoms with Gasteiger partial charge in [0.15, 0.2) is 5.65 Å². The molecule has 0 bridgehead atoms. The summed E-state index contributed by atoms with van der Waals surface area (Å²) in [4.78, 5) is 19.1. The molecule has 8 nitrogen and oxygen atoms in total. The lowest BCUT2D eigenvalue weighted by Gasteiger charge is -2.29. The number of rotatable bonds is 5. The van der Waals surface area contributed by atoms with Gasteiger partial charge >= 0.3 is 6.09 Å². The maximum absolute atomic E-state index is 10.6. The van der Waals surface area contributed by atoms with Crippen LogP contribution in [-0.4, -0.2) is 43.4 Å². The molecule has 4 rings (SSSR count). The van der Waals surface area contributed by atoms with E-state index >= 15 is 0 Å². The minimum absolute atomic E-state index is 0.351. The van der Waals surface area contributed by atoms with Crippen molar-refractivity contribution < 1.29 is 9.90 Å². The summed E-state index contributed by atoms with van der Waals surface area (Å²) >= 11 is 0. The van der Waals surface area contributed by atoms with Gasteiger partial charge in [-0.1, -0.05) is 0 Å². The predicted molar refractivity (Wildman–Crippen MR) is 102 cm³/mol. The van der Waals surface area contributed by atoms with Crippen molar-refractivity contribution in [2.45, 2.75) is 31.7 Å². The first-order chi connectivity index (χ1) is 13.2. The fraction of sp³-hybridized carbons (Fsp3) is 0.368. The Morgan fingerprint density at radius 3 is 2.67 bits per heavy atom. The summed E-state index contributed by atoms with van der Waals surface area (Å²) in [7, 11) is 0. The third kappa shape index (κ3) is 3.99. The molecule has 0 aromatic carbocycles. The van der Waals surface area contributed by atoms with E-state index in [1.54, 1.807) is 12.4 Å². The van der Waals surface area contributed by atoms with Crippen molar-refractivity contribution in [3.05, 3.63) is 42.9 Å².